The Bertz CT molecular complexity index is 945. The van der Waals surface area contributed by atoms with E-state index in [2.05, 4.69) is 15.5 Å². The maximum atomic E-state index is 12.2. The van der Waals surface area contributed by atoms with Crippen LogP contribution in [0.3, 0.4) is 0 Å². The third-order valence-electron chi connectivity index (χ3n) is 4.58. The first-order chi connectivity index (χ1) is 13.1. The Labute approximate surface area is 157 Å². The quantitative estimate of drug-likeness (QED) is 0.461. The first-order valence-corrected chi connectivity index (χ1v) is 8.98. The highest BCUT2D eigenvalue weighted by molar-refractivity contribution is 6.01. The van der Waals surface area contributed by atoms with Crippen molar-refractivity contribution in [3.63, 3.8) is 0 Å². The number of benzene rings is 2. The lowest BCUT2D eigenvalue weighted by molar-refractivity contribution is -0.116. The molecule has 0 unspecified atom stereocenters. The number of carbonyl (C=O) groups excluding carboxylic acids is 2. The minimum atomic E-state index is -0.0633. The molecule has 27 heavy (non-hydrogen) atoms. The molecule has 0 bridgehead atoms. The van der Waals surface area contributed by atoms with Crippen molar-refractivity contribution in [3.8, 4) is 5.75 Å². The van der Waals surface area contributed by atoms with Gasteiger partial charge in [0.1, 0.15) is 5.75 Å². The van der Waals surface area contributed by atoms with Gasteiger partial charge in [0.2, 0.25) is 5.91 Å². The summed E-state index contributed by atoms with van der Waals surface area (Å²) in [6.45, 7) is 2.00. The molecule has 2 N–H and O–H groups in total. The predicted molar refractivity (Wildman–Crippen MR) is 105 cm³/mol. The molecule has 1 aromatic heterocycles. The second-order valence-corrected chi connectivity index (χ2v) is 6.50. The molecule has 0 fully saturated rings. The molecule has 0 aliphatic rings. The molecule has 1 heterocycles. The fraction of sp³-hybridized carbons (Fsp3) is 0.286. The van der Waals surface area contributed by atoms with Crippen LogP contribution < -0.4 is 10.1 Å². The molecule has 1 amide bonds. The van der Waals surface area contributed by atoms with E-state index in [1.807, 2.05) is 19.1 Å². The number of hydrogen-bond acceptors (Lipinski definition) is 4. The van der Waals surface area contributed by atoms with Crippen LogP contribution in [-0.4, -0.2) is 29.0 Å². The monoisotopic (exact) mass is 365 g/mol. The lowest BCUT2D eigenvalue weighted by Crippen LogP contribution is -2.12. The van der Waals surface area contributed by atoms with Crippen LogP contribution in [0.25, 0.3) is 10.9 Å². The molecule has 0 aliphatic carbocycles. The summed E-state index contributed by atoms with van der Waals surface area (Å²) < 4.78 is 5.09. The number of H-pyrrole nitrogens is 1. The number of carbonyl (C=O) groups is 2. The van der Waals surface area contributed by atoms with E-state index >= 15 is 0 Å². The van der Waals surface area contributed by atoms with E-state index in [1.54, 1.807) is 37.6 Å². The second-order valence-electron chi connectivity index (χ2n) is 6.50. The van der Waals surface area contributed by atoms with Gasteiger partial charge in [0.05, 0.1) is 24.5 Å². The van der Waals surface area contributed by atoms with Crippen LogP contribution in [0.4, 0.5) is 5.69 Å². The van der Waals surface area contributed by atoms with Crippen molar-refractivity contribution in [2.45, 2.75) is 32.6 Å². The van der Waals surface area contributed by atoms with Crippen molar-refractivity contribution in [1.29, 1.82) is 0 Å². The van der Waals surface area contributed by atoms with Gasteiger partial charge in [-0.05, 0) is 55.7 Å². The number of rotatable bonds is 8. The Morgan fingerprint density at radius 1 is 1.07 bits per heavy atom. The van der Waals surface area contributed by atoms with E-state index in [9.17, 15) is 9.59 Å². The Morgan fingerprint density at radius 3 is 2.56 bits per heavy atom. The zero-order chi connectivity index (χ0) is 19.2. The zero-order valence-corrected chi connectivity index (χ0v) is 15.5. The zero-order valence-electron chi connectivity index (χ0n) is 15.5. The number of hydrogen-bond donors (Lipinski definition) is 2. The minimum absolute atomic E-state index is 0.0633. The summed E-state index contributed by atoms with van der Waals surface area (Å²) in [4.78, 5) is 24.4. The van der Waals surface area contributed by atoms with Crippen LogP contribution in [0, 0.1) is 6.92 Å². The van der Waals surface area contributed by atoms with Crippen molar-refractivity contribution in [2.24, 2.45) is 0 Å². The van der Waals surface area contributed by atoms with Gasteiger partial charge in [-0.1, -0.05) is 6.07 Å². The van der Waals surface area contributed by atoms with Gasteiger partial charge >= 0.3 is 0 Å². The normalized spacial score (nSPS) is 10.7. The molecule has 0 radical (unpaired) electrons. The Kier molecular flexibility index (Phi) is 5.86. The number of anilines is 1. The van der Waals surface area contributed by atoms with Crippen LogP contribution in [0.15, 0.2) is 42.6 Å². The standard InChI is InChI=1S/C21H23N3O3/c1-14-7-12-18(21-17(14)13-22-24-21)23-20(26)6-4-3-5-19(25)15-8-10-16(27-2)11-9-15/h7-13H,3-6H2,1-2H3,(H,22,24)(H,23,26). The Hall–Kier alpha value is -3.15. The number of aromatic nitrogens is 2. The number of aryl methyl sites for hydroxylation is 1. The number of Topliss-reactive ketones (excluding diaryl/α,β-unsaturated/α-hetero) is 1. The van der Waals surface area contributed by atoms with Gasteiger partial charge in [-0.15, -0.1) is 0 Å². The van der Waals surface area contributed by atoms with Gasteiger partial charge in [0.25, 0.3) is 0 Å². The summed E-state index contributed by atoms with van der Waals surface area (Å²) in [5.41, 5.74) is 3.33. The first-order valence-electron chi connectivity index (χ1n) is 8.98. The molecule has 6 heteroatoms. The summed E-state index contributed by atoms with van der Waals surface area (Å²) in [7, 11) is 1.59. The third-order valence-corrected chi connectivity index (χ3v) is 4.58. The van der Waals surface area contributed by atoms with Gasteiger partial charge in [0, 0.05) is 23.8 Å². The van der Waals surface area contributed by atoms with Crippen molar-refractivity contribution in [3.05, 3.63) is 53.7 Å². The average Bonchev–Trinajstić information content (AvgIpc) is 3.18. The number of unbranched alkanes of at least 4 members (excludes halogenated alkanes) is 1. The molecule has 0 saturated heterocycles. The molecule has 0 spiro atoms. The number of ether oxygens (including phenoxy) is 1. The third kappa shape index (κ3) is 4.53. The number of methoxy groups -OCH3 is 1. The molecule has 0 atom stereocenters. The average molecular weight is 365 g/mol. The number of amides is 1. The molecular formula is C21H23N3O3. The summed E-state index contributed by atoms with van der Waals surface area (Å²) >= 11 is 0. The number of fused-ring (bicyclic) bond motifs is 1. The molecule has 3 aromatic rings. The maximum Gasteiger partial charge on any atom is 0.224 e. The molecule has 6 nitrogen and oxygen atoms in total. The van der Waals surface area contributed by atoms with Gasteiger partial charge in [-0.25, -0.2) is 0 Å². The van der Waals surface area contributed by atoms with Crippen LogP contribution in [-0.2, 0) is 4.79 Å². The fourth-order valence-corrected chi connectivity index (χ4v) is 2.98. The van der Waals surface area contributed by atoms with Gasteiger partial charge in [-0.3, -0.25) is 14.7 Å². The highest BCUT2D eigenvalue weighted by atomic mass is 16.5. The van der Waals surface area contributed by atoms with E-state index in [0.29, 0.717) is 31.2 Å². The van der Waals surface area contributed by atoms with Gasteiger partial charge in [-0.2, -0.15) is 5.10 Å². The topological polar surface area (TPSA) is 84.1 Å². The number of ketones is 1. The van der Waals surface area contributed by atoms with Crippen LogP contribution in [0.1, 0.15) is 41.6 Å². The van der Waals surface area contributed by atoms with Crippen LogP contribution >= 0.6 is 0 Å². The largest absolute Gasteiger partial charge is 0.497 e. The fourth-order valence-electron chi connectivity index (χ4n) is 2.98. The van der Waals surface area contributed by atoms with E-state index in [4.69, 9.17) is 4.74 Å². The summed E-state index contributed by atoms with van der Waals surface area (Å²) in [5, 5.41) is 10.9. The van der Waals surface area contributed by atoms with Gasteiger partial charge in [0.15, 0.2) is 5.78 Å². The number of nitrogens with one attached hydrogen (secondary N) is 2. The number of aromatic amines is 1. The maximum absolute atomic E-state index is 12.2. The van der Waals surface area contributed by atoms with Crippen molar-refractivity contribution < 1.29 is 14.3 Å². The van der Waals surface area contributed by atoms with E-state index < -0.39 is 0 Å². The highest BCUT2D eigenvalue weighted by Crippen LogP contribution is 2.24. The second kappa shape index (κ2) is 8.49. The smallest absolute Gasteiger partial charge is 0.224 e. The highest BCUT2D eigenvalue weighted by Gasteiger charge is 2.10. The molecule has 2 aromatic carbocycles. The molecule has 140 valence electrons. The molecule has 0 aliphatic heterocycles. The summed E-state index contributed by atoms with van der Waals surface area (Å²) in [6, 6.07) is 10.9. The predicted octanol–water partition coefficient (Wildman–Crippen LogP) is 4.26. The minimum Gasteiger partial charge on any atom is -0.497 e. The summed E-state index contributed by atoms with van der Waals surface area (Å²) in [5.74, 6) is 0.744. The van der Waals surface area contributed by atoms with Crippen LogP contribution in [0.2, 0.25) is 0 Å². The lowest BCUT2D eigenvalue weighted by atomic mass is 10.0. The summed E-state index contributed by atoms with van der Waals surface area (Å²) in [6.07, 6.45) is 3.89. The van der Waals surface area contributed by atoms with E-state index in [-0.39, 0.29) is 11.7 Å². The van der Waals surface area contributed by atoms with Gasteiger partial charge < -0.3 is 10.1 Å². The van der Waals surface area contributed by atoms with Crippen molar-refractivity contribution in [1.82, 2.24) is 10.2 Å². The molecular weight excluding hydrogens is 342 g/mol. The molecule has 3 rings (SSSR count). The molecule has 0 saturated carbocycles. The first kappa shape index (κ1) is 18.6. The van der Waals surface area contributed by atoms with E-state index in [0.717, 1.165) is 27.9 Å². The van der Waals surface area contributed by atoms with E-state index in [1.165, 1.54) is 0 Å². The Morgan fingerprint density at radius 2 is 1.81 bits per heavy atom. The Balaban J connectivity index is 1.46. The van der Waals surface area contributed by atoms with Crippen molar-refractivity contribution >= 4 is 28.3 Å². The van der Waals surface area contributed by atoms with Crippen molar-refractivity contribution in [2.75, 3.05) is 12.4 Å². The lowest BCUT2D eigenvalue weighted by Gasteiger charge is -2.07. The van der Waals surface area contributed by atoms with Crippen LogP contribution in [0.5, 0.6) is 5.75 Å². The number of nitrogens with zero attached hydrogens (tertiary/aromatic N) is 1. The SMILES string of the molecule is COc1ccc(C(=O)CCCCC(=O)Nc2ccc(C)c3cn[nH]c23)cc1.